The predicted molar refractivity (Wildman–Crippen MR) is 99.8 cm³/mol. The third-order valence-corrected chi connectivity index (χ3v) is 4.61. The van der Waals surface area contributed by atoms with Crippen LogP contribution in [0.4, 0.5) is 4.39 Å². The van der Waals surface area contributed by atoms with Crippen molar-refractivity contribution in [1.29, 1.82) is 0 Å². The van der Waals surface area contributed by atoms with Crippen molar-refractivity contribution in [3.8, 4) is 22.5 Å². The SMILES string of the molecule is CC(C)n1nnc2ccc(-c3c(-c4ccc(F)cc4)nc4occn34)cc21. The van der Waals surface area contributed by atoms with E-state index in [1.165, 1.54) is 12.1 Å². The molecule has 0 aliphatic heterocycles. The van der Waals surface area contributed by atoms with Crippen molar-refractivity contribution in [1.82, 2.24) is 24.4 Å². The summed E-state index contributed by atoms with van der Waals surface area (Å²) in [7, 11) is 0. The Labute approximate surface area is 153 Å². The first-order valence-corrected chi connectivity index (χ1v) is 8.68. The zero-order chi connectivity index (χ0) is 18.5. The van der Waals surface area contributed by atoms with E-state index in [1.807, 2.05) is 27.4 Å². The topological polar surface area (TPSA) is 61.2 Å². The zero-order valence-corrected chi connectivity index (χ0v) is 14.8. The second-order valence-electron chi connectivity index (χ2n) is 6.70. The summed E-state index contributed by atoms with van der Waals surface area (Å²) >= 11 is 0. The van der Waals surface area contributed by atoms with E-state index in [9.17, 15) is 4.39 Å². The minimum atomic E-state index is -0.281. The molecule has 3 aromatic heterocycles. The molecule has 0 spiro atoms. The molecule has 0 unspecified atom stereocenters. The van der Waals surface area contributed by atoms with Crippen LogP contribution < -0.4 is 0 Å². The van der Waals surface area contributed by atoms with Gasteiger partial charge in [-0.05, 0) is 50.2 Å². The van der Waals surface area contributed by atoms with Crippen molar-refractivity contribution in [3.63, 3.8) is 0 Å². The number of benzene rings is 2. The second kappa shape index (κ2) is 5.77. The van der Waals surface area contributed by atoms with Crippen molar-refractivity contribution >= 4 is 16.9 Å². The van der Waals surface area contributed by atoms with Crippen LogP contribution in [0.1, 0.15) is 19.9 Å². The standard InChI is InChI=1S/C20H16FN5O/c1-12(2)26-17-11-14(5-8-16(17)23-24-26)19-18(13-3-6-15(21)7-4-13)22-20-25(19)9-10-27-20/h3-12H,1-2H3. The molecule has 0 aliphatic carbocycles. The van der Waals surface area contributed by atoms with Crippen LogP contribution in [-0.2, 0) is 0 Å². The molecule has 0 aliphatic rings. The monoisotopic (exact) mass is 361 g/mol. The minimum Gasteiger partial charge on any atom is -0.432 e. The molecule has 134 valence electrons. The highest BCUT2D eigenvalue weighted by Gasteiger charge is 2.19. The lowest BCUT2D eigenvalue weighted by molar-refractivity contribution is 0.530. The molecule has 6 nitrogen and oxygen atoms in total. The number of oxazole rings is 1. The van der Waals surface area contributed by atoms with Gasteiger partial charge >= 0.3 is 5.84 Å². The first kappa shape index (κ1) is 15.7. The molecule has 0 saturated heterocycles. The van der Waals surface area contributed by atoms with Gasteiger partial charge in [0.05, 0.1) is 11.2 Å². The molecule has 2 aromatic carbocycles. The van der Waals surface area contributed by atoms with Gasteiger partial charge in [0.2, 0.25) is 0 Å². The first-order chi connectivity index (χ1) is 13.1. The van der Waals surface area contributed by atoms with Gasteiger partial charge in [0.25, 0.3) is 0 Å². The largest absolute Gasteiger partial charge is 0.432 e. The summed E-state index contributed by atoms with van der Waals surface area (Å²) in [6, 6.07) is 12.5. The van der Waals surface area contributed by atoms with E-state index < -0.39 is 0 Å². The molecule has 3 heterocycles. The number of rotatable bonds is 3. The molecule has 0 atom stereocenters. The van der Waals surface area contributed by atoms with Gasteiger partial charge in [-0.15, -0.1) is 5.10 Å². The molecule has 0 bridgehead atoms. The maximum absolute atomic E-state index is 13.4. The lowest BCUT2D eigenvalue weighted by atomic mass is 10.0. The van der Waals surface area contributed by atoms with E-state index in [4.69, 9.17) is 4.42 Å². The Morgan fingerprint density at radius 2 is 1.81 bits per heavy atom. The molecular weight excluding hydrogens is 345 g/mol. The van der Waals surface area contributed by atoms with Crippen LogP contribution in [0.5, 0.6) is 0 Å². The van der Waals surface area contributed by atoms with Gasteiger partial charge in [-0.25, -0.2) is 9.07 Å². The fraction of sp³-hybridized carbons (Fsp3) is 0.150. The predicted octanol–water partition coefficient (Wildman–Crippen LogP) is 4.73. The van der Waals surface area contributed by atoms with Crippen molar-refractivity contribution in [2.75, 3.05) is 0 Å². The molecule has 5 aromatic rings. The average Bonchev–Trinajstić information content (AvgIpc) is 3.35. The van der Waals surface area contributed by atoms with Crippen LogP contribution >= 0.6 is 0 Å². The number of hydrogen-bond acceptors (Lipinski definition) is 4. The molecule has 0 fully saturated rings. The number of nitrogens with zero attached hydrogens (tertiary/aromatic N) is 5. The Morgan fingerprint density at radius 1 is 1.04 bits per heavy atom. The van der Waals surface area contributed by atoms with Gasteiger partial charge in [-0.3, -0.25) is 4.40 Å². The quantitative estimate of drug-likeness (QED) is 0.466. The molecule has 7 heteroatoms. The van der Waals surface area contributed by atoms with E-state index in [1.54, 1.807) is 18.4 Å². The van der Waals surface area contributed by atoms with Gasteiger partial charge in [0.15, 0.2) is 0 Å². The normalized spacial score (nSPS) is 11.9. The zero-order valence-electron chi connectivity index (χ0n) is 14.8. The minimum absolute atomic E-state index is 0.196. The maximum atomic E-state index is 13.4. The summed E-state index contributed by atoms with van der Waals surface area (Å²) in [6.07, 6.45) is 3.42. The summed E-state index contributed by atoms with van der Waals surface area (Å²) in [5.74, 6) is 0.205. The molecule has 27 heavy (non-hydrogen) atoms. The van der Waals surface area contributed by atoms with Gasteiger partial charge in [0, 0.05) is 23.4 Å². The summed E-state index contributed by atoms with van der Waals surface area (Å²) in [5, 5.41) is 8.48. The summed E-state index contributed by atoms with van der Waals surface area (Å²) < 4.78 is 22.6. The van der Waals surface area contributed by atoms with Gasteiger partial charge in [-0.2, -0.15) is 4.98 Å². The van der Waals surface area contributed by atoms with Crippen LogP contribution in [0.25, 0.3) is 39.4 Å². The van der Waals surface area contributed by atoms with Gasteiger partial charge in [-0.1, -0.05) is 11.3 Å². The highest BCUT2D eigenvalue weighted by atomic mass is 19.1. The van der Waals surface area contributed by atoms with E-state index in [0.29, 0.717) is 5.84 Å². The molecule has 0 N–H and O–H groups in total. The Balaban J connectivity index is 1.78. The first-order valence-electron chi connectivity index (χ1n) is 8.68. The number of fused-ring (bicyclic) bond motifs is 2. The highest BCUT2D eigenvalue weighted by Crippen LogP contribution is 2.34. The van der Waals surface area contributed by atoms with Crippen LogP contribution in [0.15, 0.2) is 59.3 Å². The average molecular weight is 361 g/mol. The van der Waals surface area contributed by atoms with Crippen molar-refractivity contribution in [2.45, 2.75) is 19.9 Å². The lowest BCUT2D eigenvalue weighted by Crippen LogP contribution is -2.02. The number of imidazole rings is 1. The molecule has 0 amide bonds. The lowest BCUT2D eigenvalue weighted by Gasteiger charge is -2.08. The van der Waals surface area contributed by atoms with E-state index in [0.717, 1.165) is 33.5 Å². The summed E-state index contributed by atoms with van der Waals surface area (Å²) in [6.45, 7) is 4.13. The molecule has 0 saturated carbocycles. The summed E-state index contributed by atoms with van der Waals surface area (Å²) in [5.41, 5.74) is 5.18. The van der Waals surface area contributed by atoms with Crippen LogP contribution in [0, 0.1) is 5.82 Å². The van der Waals surface area contributed by atoms with E-state index in [-0.39, 0.29) is 11.9 Å². The van der Waals surface area contributed by atoms with Gasteiger partial charge < -0.3 is 4.42 Å². The van der Waals surface area contributed by atoms with Gasteiger partial charge in [0.1, 0.15) is 23.3 Å². The van der Waals surface area contributed by atoms with Crippen molar-refractivity contribution in [3.05, 3.63) is 60.7 Å². The number of halogens is 1. The van der Waals surface area contributed by atoms with Crippen LogP contribution in [0.3, 0.4) is 0 Å². The van der Waals surface area contributed by atoms with Crippen LogP contribution in [-0.4, -0.2) is 24.4 Å². The molecule has 5 rings (SSSR count). The van der Waals surface area contributed by atoms with Crippen molar-refractivity contribution < 1.29 is 8.81 Å². The smallest absolute Gasteiger partial charge is 0.306 e. The molecule has 0 radical (unpaired) electrons. The fourth-order valence-corrected chi connectivity index (χ4v) is 3.34. The maximum Gasteiger partial charge on any atom is 0.306 e. The summed E-state index contributed by atoms with van der Waals surface area (Å²) in [4.78, 5) is 4.61. The fourth-order valence-electron chi connectivity index (χ4n) is 3.34. The Kier molecular flexibility index (Phi) is 3.36. The second-order valence-corrected chi connectivity index (χ2v) is 6.70. The number of hydrogen-bond donors (Lipinski definition) is 0. The Bertz CT molecular complexity index is 1260. The number of aromatic nitrogens is 5. The van der Waals surface area contributed by atoms with Crippen molar-refractivity contribution in [2.24, 2.45) is 0 Å². The third kappa shape index (κ3) is 2.43. The highest BCUT2D eigenvalue weighted by molar-refractivity contribution is 5.87. The molecular formula is C20H16FN5O. The Hall–Kier alpha value is -3.48. The van der Waals surface area contributed by atoms with E-state index >= 15 is 0 Å². The Morgan fingerprint density at radius 3 is 2.59 bits per heavy atom. The van der Waals surface area contributed by atoms with E-state index in [2.05, 4.69) is 35.2 Å². The third-order valence-electron chi connectivity index (χ3n) is 4.61. The van der Waals surface area contributed by atoms with Crippen LogP contribution in [0.2, 0.25) is 0 Å².